The molecule has 0 atom stereocenters. The quantitative estimate of drug-likeness (QED) is 0.748. The van der Waals surface area contributed by atoms with Crippen LogP contribution in [0.25, 0.3) is 0 Å². The molecule has 3 nitrogen and oxygen atoms in total. The Labute approximate surface area is 127 Å². The number of benzene rings is 1. The molecule has 1 aromatic rings. The summed E-state index contributed by atoms with van der Waals surface area (Å²) in [6.07, 6.45) is 8.92. The zero-order chi connectivity index (χ0) is 14.9. The standard InChI is InChI=1S/C18H26N2O/c1-15-7-9-17(10-8-15)19-14-12-18(21)20-13-11-16-5-3-2-4-6-16/h5,7-10,19H,2-4,6,11-14H2,1H3,(H,20,21). The molecule has 1 amide bonds. The van der Waals surface area contributed by atoms with Gasteiger partial charge in [-0.3, -0.25) is 4.79 Å². The third kappa shape index (κ3) is 6.03. The summed E-state index contributed by atoms with van der Waals surface area (Å²) < 4.78 is 0. The SMILES string of the molecule is Cc1ccc(NCCC(=O)NCCC2=CCCCC2)cc1. The first-order chi connectivity index (χ1) is 10.2. The van der Waals surface area contributed by atoms with Gasteiger partial charge in [0.2, 0.25) is 5.91 Å². The van der Waals surface area contributed by atoms with Crippen LogP contribution in [0.4, 0.5) is 5.69 Å². The molecule has 0 saturated heterocycles. The van der Waals surface area contributed by atoms with E-state index in [4.69, 9.17) is 0 Å². The van der Waals surface area contributed by atoms with E-state index in [0.717, 1.165) is 18.7 Å². The summed E-state index contributed by atoms with van der Waals surface area (Å²) >= 11 is 0. The van der Waals surface area contributed by atoms with Crippen molar-refractivity contribution in [3.63, 3.8) is 0 Å². The van der Waals surface area contributed by atoms with E-state index in [1.807, 2.05) is 12.1 Å². The molecule has 1 aliphatic carbocycles. The largest absolute Gasteiger partial charge is 0.385 e. The Kier molecular flexibility index (Phi) is 6.32. The predicted molar refractivity (Wildman–Crippen MR) is 88.5 cm³/mol. The number of amides is 1. The smallest absolute Gasteiger partial charge is 0.221 e. The fourth-order valence-corrected chi connectivity index (χ4v) is 2.57. The molecule has 2 rings (SSSR count). The van der Waals surface area contributed by atoms with Crippen molar-refractivity contribution in [2.24, 2.45) is 0 Å². The molecule has 21 heavy (non-hydrogen) atoms. The van der Waals surface area contributed by atoms with Crippen LogP contribution in [-0.2, 0) is 4.79 Å². The fourth-order valence-electron chi connectivity index (χ4n) is 2.57. The number of aryl methyl sites for hydroxylation is 1. The lowest BCUT2D eigenvalue weighted by Crippen LogP contribution is -2.26. The van der Waals surface area contributed by atoms with E-state index < -0.39 is 0 Å². The van der Waals surface area contributed by atoms with Crippen LogP contribution in [0.3, 0.4) is 0 Å². The third-order valence-electron chi connectivity index (χ3n) is 3.89. The van der Waals surface area contributed by atoms with Gasteiger partial charge in [-0.25, -0.2) is 0 Å². The first kappa shape index (κ1) is 15.6. The van der Waals surface area contributed by atoms with Crippen LogP contribution in [0.5, 0.6) is 0 Å². The second-order valence-electron chi connectivity index (χ2n) is 5.75. The monoisotopic (exact) mass is 286 g/mol. The Hall–Kier alpha value is -1.77. The zero-order valence-corrected chi connectivity index (χ0v) is 13.0. The van der Waals surface area contributed by atoms with Crippen molar-refractivity contribution in [3.8, 4) is 0 Å². The first-order valence-corrected chi connectivity index (χ1v) is 7.99. The molecular weight excluding hydrogens is 260 g/mol. The second kappa shape index (κ2) is 8.50. The van der Waals surface area contributed by atoms with Crippen molar-refractivity contribution in [3.05, 3.63) is 41.5 Å². The Balaban J connectivity index is 1.57. The van der Waals surface area contributed by atoms with Crippen molar-refractivity contribution in [1.82, 2.24) is 5.32 Å². The summed E-state index contributed by atoms with van der Waals surface area (Å²) in [6.45, 7) is 3.52. The number of hydrogen-bond donors (Lipinski definition) is 2. The van der Waals surface area contributed by atoms with Crippen LogP contribution >= 0.6 is 0 Å². The van der Waals surface area contributed by atoms with Crippen LogP contribution in [0, 0.1) is 6.92 Å². The lowest BCUT2D eigenvalue weighted by atomic mass is 9.97. The molecule has 3 heteroatoms. The van der Waals surface area contributed by atoms with Gasteiger partial charge in [-0.15, -0.1) is 0 Å². The maximum Gasteiger partial charge on any atom is 0.221 e. The Morgan fingerprint density at radius 1 is 1.14 bits per heavy atom. The van der Waals surface area contributed by atoms with Gasteiger partial charge < -0.3 is 10.6 Å². The van der Waals surface area contributed by atoms with Crippen LogP contribution in [-0.4, -0.2) is 19.0 Å². The average Bonchev–Trinajstić information content (AvgIpc) is 2.50. The minimum Gasteiger partial charge on any atom is -0.385 e. The van der Waals surface area contributed by atoms with Crippen LogP contribution in [0.2, 0.25) is 0 Å². The number of hydrogen-bond acceptors (Lipinski definition) is 2. The number of anilines is 1. The number of carbonyl (C=O) groups is 1. The summed E-state index contributed by atoms with van der Waals surface area (Å²) in [7, 11) is 0. The number of nitrogens with one attached hydrogen (secondary N) is 2. The van der Waals surface area contributed by atoms with Crippen molar-refractivity contribution in [1.29, 1.82) is 0 Å². The molecule has 0 heterocycles. The molecule has 0 aliphatic heterocycles. The highest BCUT2D eigenvalue weighted by Crippen LogP contribution is 2.19. The molecule has 1 aliphatic rings. The minimum atomic E-state index is 0.131. The molecule has 0 aromatic heterocycles. The Morgan fingerprint density at radius 3 is 2.67 bits per heavy atom. The van der Waals surface area contributed by atoms with Gasteiger partial charge >= 0.3 is 0 Å². The van der Waals surface area contributed by atoms with Crippen LogP contribution < -0.4 is 10.6 Å². The molecule has 0 saturated carbocycles. The highest BCUT2D eigenvalue weighted by molar-refractivity contribution is 5.76. The zero-order valence-electron chi connectivity index (χ0n) is 13.0. The van der Waals surface area contributed by atoms with E-state index >= 15 is 0 Å². The van der Waals surface area contributed by atoms with Crippen molar-refractivity contribution < 1.29 is 4.79 Å². The lowest BCUT2D eigenvalue weighted by Gasteiger charge is -2.13. The van der Waals surface area contributed by atoms with E-state index in [2.05, 4.69) is 35.8 Å². The predicted octanol–water partition coefficient (Wildman–Crippen LogP) is 3.80. The highest BCUT2D eigenvalue weighted by atomic mass is 16.1. The van der Waals surface area contributed by atoms with Crippen LogP contribution in [0.1, 0.15) is 44.1 Å². The fraction of sp³-hybridized carbons (Fsp3) is 0.500. The molecule has 0 unspecified atom stereocenters. The Bertz CT molecular complexity index is 476. The highest BCUT2D eigenvalue weighted by Gasteiger charge is 2.05. The molecule has 114 valence electrons. The van der Waals surface area contributed by atoms with E-state index in [1.54, 1.807) is 0 Å². The number of allylic oxidation sites excluding steroid dienone is 1. The lowest BCUT2D eigenvalue weighted by molar-refractivity contribution is -0.120. The molecule has 0 bridgehead atoms. The second-order valence-corrected chi connectivity index (χ2v) is 5.75. The maximum absolute atomic E-state index is 11.8. The normalized spacial score (nSPS) is 14.4. The summed E-state index contributed by atoms with van der Waals surface area (Å²) in [4.78, 5) is 11.8. The average molecular weight is 286 g/mol. The third-order valence-corrected chi connectivity index (χ3v) is 3.89. The van der Waals surface area contributed by atoms with Gasteiger partial charge in [0, 0.05) is 25.2 Å². The molecule has 1 aromatic carbocycles. The van der Waals surface area contributed by atoms with E-state index in [-0.39, 0.29) is 5.91 Å². The summed E-state index contributed by atoms with van der Waals surface area (Å²) in [5.74, 6) is 0.131. The maximum atomic E-state index is 11.8. The molecule has 0 fully saturated rings. The van der Waals surface area contributed by atoms with E-state index in [9.17, 15) is 4.79 Å². The van der Waals surface area contributed by atoms with Crippen molar-refractivity contribution in [2.45, 2.75) is 45.4 Å². The minimum absolute atomic E-state index is 0.131. The molecule has 2 N–H and O–H groups in total. The van der Waals surface area contributed by atoms with Gasteiger partial charge in [0.25, 0.3) is 0 Å². The van der Waals surface area contributed by atoms with Gasteiger partial charge in [0.15, 0.2) is 0 Å². The van der Waals surface area contributed by atoms with Gasteiger partial charge in [-0.2, -0.15) is 0 Å². The topological polar surface area (TPSA) is 41.1 Å². The van der Waals surface area contributed by atoms with Crippen molar-refractivity contribution >= 4 is 11.6 Å². The molecular formula is C18H26N2O. The van der Waals surface area contributed by atoms with Crippen LogP contribution in [0.15, 0.2) is 35.9 Å². The van der Waals surface area contributed by atoms with Gasteiger partial charge in [-0.1, -0.05) is 29.3 Å². The van der Waals surface area contributed by atoms with Gasteiger partial charge in [0.05, 0.1) is 0 Å². The van der Waals surface area contributed by atoms with E-state index in [1.165, 1.54) is 36.8 Å². The molecule has 0 radical (unpaired) electrons. The van der Waals surface area contributed by atoms with E-state index in [0.29, 0.717) is 13.0 Å². The van der Waals surface area contributed by atoms with Gasteiger partial charge in [-0.05, 0) is 51.2 Å². The number of rotatable bonds is 7. The summed E-state index contributed by atoms with van der Waals surface area (Å²) in [6, 6.07) is 8.23. The van der Waals surface area contributed by atoms with Gasteiger partial charge in [0.1, 0.15) is 0 Å². The number of carbonyl (C=O) groups excluding carboxylic acids is 1. The first-order valence-electron chi connectivity index (χ1n) is 7.99. The Morgan fingerprint density at radius 2 is 1.95 bits per heavy atom. The van der Waals surface area contributed by atoms with Crippen molar-refractivity contribution in [2.75, 3.05) is 18.4 Å². The summed E-state index contributed by atoms with van der Waals surface area (Å²) in [5, 5.41) is 6.28. The molecule has 0 spiro atoms. The summed E-state index contributed by atoms with van der Waals surface area (Å²) in [5.41, 5.74) is 3.83.